The van der Waals surface area contributed by atoms with Crippen LogP contribution in [-0.2, 0) is 16.6 Å². The summed E-state index contributed by atoms with van der Waals surface area (Å²) in [5, 5.41) is 4.08. The summed E-state index contributed by atoms with van der Waals surface area (Å²) < 4.78 is 7.76. The van der Waals surface area contributed by atoms with Crippen molar-refractivity contribution in [2.24, 2.45) is 7.05 Å². The van der Waals surface area contributed by atoms with Crippen molar-refractivity contribution in [3.05, 3.63) is 70.9 Å². The van der Waals surface area contributed by atoms with Crippen LogP contribution in [0.4, 0.5) is 0 Å². The van der Waals surface area contributed by atoms with Crippen molar-refractivity contribution in [1.82, 2.24) is 14.8 Å². The van der Waals surface area contributed by atoms with Crippen LogP contribution in [0.25, 0.3) is 10.9 Å². The molecule has 6 heteroatoms. The number of aromatic nitrogens is 1. The minimum absolute atomic E-state index is 0.0214. The fourth-order valence-corrected chi connectivity index (χ4v) is 4.98. The van der Waals surface area contributed by atoms with E-state index in [1.165, 1.54) is 0 Å². The molecule has 0 bridgehead atoms. The Morgan fingerprint density at radius 2 is 1.94 bits per heavy atom. The molecule has 1 N–H and O–H groups in total. The summed E-state index contributed by atoms with van der Waals surface area (Å²) in [4.78, 5) is 27.9. The van der Waals surface area contributed by atoms with Crippen LogP contribution in [0.1, 0.15) is 46.1 Å². The van der Waals surface area contributed by atoms with Crippen molar-refractivity contribution < 1.29 is 14.3 Å². The van der Waals surface area contributed by atoms with Gasteiger partial charge >= 0.3 is 0 Å². The number of amides is 2. The summed E-state index contributed by atoms with van der Waals surface area (Å²) in [6.45, 7) is 3.35. The van der Waals surface area contributed by atoms with Gasteiger partial charge in [-0.25, -0.2) is 0 Å². The van der Waals surface area contributed by atoms with Crippen LogP contribution in [0, 0.1) is 6.92 Å². The number of hydrogen-bond donors (Lipinski definition) is 1. The molecule has 2 unspecified atom stereocenters. The van der Waals surface area contributed by atoms with Gasteiger partial charge in [-0.15, -0.1) is 0 Å². The van der Waals surface area contributed by atoms with E-state index in [4.69, 9.17) is 4.74 Å². The molecule has 1 aromatic heterocycles. The van der Waals surface area contributed by atoms with Gasteiger partial charge in [-0.05, 0) is 37.5 Å². The monoisotopic (exact) mass is 417 g/mol. The molecule has 1 saturated heterocycles. The molecule has 5 rings (SSSR count). The summed E-state index contributed by atoms with van der Waals surface area (Å²) in [7, 11) is 2.04. The highest BCUT2D eigenvalue weighted by Gasteiger charge is 2.40. The van der Waals surface area contributed by atoms with E-state index in [-0.39, 0.29) is 30.5 Å². The van der Waals surface area contributed by atoms with E-state index in [0.29, 0.717) is 12.1 Å². The first-order valence-corrected chi connectivity index (χ1v) is 10.9. The lowest BCUT2D eigenvalue weighted by atomic mass is 9.95. The molecule has 160 valence electrons. The topological polar surface area (TPSA) is 63.6 Å². The van der Waals surface area contributed by atoms with Crippen LogP contribution < -0.4 is 5.32 Å². The molecule has 3 heterocycles. The van der Waals surface area contributed by atoms with Gasteiger partial charge in [0.15, 0.2) is 0 Å². The van der Waals surface area contributed by atoms with Crippen molar-refractivity contribution in [3.8, 4) is 0 Å². The summed E-state index contributed by atoms with van der Waals surface area (Å²) in [6.07, 6.45) is 2.07. The minimum atomic E-state index is -0.289. The lowest BCUT2D eigenvalue weighted by Gasteiger charge is -2.26. The Kier molecular flexibility index (Phi) is 5.02. The maximum atomic E-state index is 13.3. The number of hydrogen-bond acceptors (Lipinski definition) is 3. The molecule has 31 heavy (non-hydrogen) atoms. The first-order chi connectivity index (χ1) is 15.1. The summed E-state index contributed by atoms with van der Waals surface area (Å²) in [6, 6.07) is 15.6. The number of carbonyl (C=O) groups is 2. The zero-order chi connectivity index (χ0) is 21.5. The zero-order valence-corrected chi connectivity index (χ0v) is 17.9. The van der Waals surface area contributed by atoms with E-state index >= 15 is 0 Å². The molecule has 2 amide bonds. The summed E-state index contributed by atoms with van der Waals surface area (Å²) >= 11 is 0. The fourth-order valence-electron chi connectivity index (χ4n) is 4.98. The van der Waals surface area contributed by atoms with Crippen LogP contribution in [0.15, 0.2) is 48.5 Å². The van der Waals surface area contributed by atoms with Crippen LogP contribution in [0.3, 0.4) is 0 Å². The molecule has 6 nitrogen and oxygen atoms in total. The largest absolute Gasteiger partial charge is 0.376 e. The SMILES string of the molecule is Cc1c(C2c3ccccc3C(=O)N2CC(=O)NCC2CCCO2)c2ccccc2n1C. The molecule has 2 aliphatic rings. The Morgan fingerprint density at radius 3 is 2.74 bits per heavy atom. The van der Waals surface area contributed by atoms with E-state index < -0.39 is 0 Å². The van der Waals surface area contributed by atoms with Crippen LogP contribution in [0.2, 0.25) is 0 Å². The van der Waals surface area contributed by atoms with Crippen molar-refractivity contribution in [1.29, 1.82) is 0 Å². The maximum absolute atomic E-state index is 13.3. The predicted molar refractivity (Wildman–Crippen MR) is 119 cm³/mol. The Morgan fingerprint density at radius 1 is 1.16 bits per heavy atom. The predicted octanol–water partition coefficient (Wildman–Crippen LogP) is 3.33. The van der Waals surface area contributed by atoms with E-state index in [2.05, 4.69) is 28.9 Å². The Labute approximate surface area is 181 Å². The standard InChI is InChI=1S/C25H27N3O3/c1-16-23(20-11-5-6-12-21(20)27(16)2)24-18-9-3-4-10-19(18)25(30)28(24)15-22(29)26-14-17-8-7-13-31-17/h3-6,9-12,17,24H,7-8,13-15H2,1-2H3,(H,26,29). The number of carbonyl (C=O) groups excluding carboxylic acids is 2. The first kappa shape index (κ1) is 19.8. The van der Waals surface area contributed by atoms with E-state index in [1.807, 2.05) is 43.4 Å². The molecule has 2 aliphatic heterocycles. The van der Waals surface area contributed by atoms with Gasteiger partial charge < -0.3 is 19.5 Å². The molecule has 0 spiro atoms. The number of rotatable bonds is 5. The van der Waals surface area contributed by atoms with Crippen molar-refractivity contribution >= 4 is 22.7 Å². The Hall–Kier alpha value is -3.12. The first-order valence-electron chi connectivity index (χ1n) is 10.9. The third kappa shape index (κ3) is 3.31. The summed E-state index contributed by atoms with van der Waals surface area (Å²) in [5.41, 5.74) is 4.93. The number of nitrogens with one attached hydrogen (secondary N) is 1. The number of nitrogens with zero attached hydrogens (tertiary/aromatic N) is 2. The number of fused-ring (bicyclic) bond motifs is 2. The minimum Gasteiger partial charge on any atom is -0.376 e. The van der Waals surface area contributed by atoms with Gasteiger partial charge in [-0.2, -0.15) is 0 Å². The third-order valence-electron chi connectivity index (χ3n) is 6.65. The van der Waals surface area contributed by atoms with Crippen molar-refractivity contribution in [3.63, 3.8) is 0 Å². The van der Waals surface area contributed by atoms with Gasteiger partial charge in [0, 0.05) is 47.9 Å². The normalized spacial score (nSPS) is 20.5. The lowest BCUT2D eigenvalue weighted by molar-refractivity contribution is -0.122. The van der Waals surface area contributed by atoms with Crippen LogP contribution >= 0.6 is 0 Å². The van der Waals surface area contributed by atoms with E-state index in [9.17, 15) is 9.59 Å². The quantitative estimate of drug-likeness (QED) is 0.693. The van der Waals surface area contributed by atoms with E-state index in [0.717, 1.165) is 47.2 Å². The second-order valence-corrected chi connectivity index (χ2v) is 8.44. The van der Waals surface area contributed by atoms with Crippen molar-refractivity contribution in [2.45, 2.75) is 31.9 Å². The molecular formula is C25H27N3O3. The second kappa shape index (κ2) is 7.85. The molecule has 2 atom stereocenters. The van der Waals surface area contributed by atoms with Crippen LogP contribution in [0.5, 0.6) is 0 Å². The van der Waals surface area contributed by atoms with Gasteiger partial charge in [0.1, 0.15) is 6.54 Å². The highest BCUT2D eigenvalue weighted by Crippen LogP contribution is 2.43. The molecule has 3 aromatic rings. The molecule has 2 aromatic carbocycles. The molecule has 0 saturated carbocycles. The van der Waals surface area contributed by atoms with Crippen LogP contribution in [-0.4, -0.2) is 47.1 Å². The van der Waals surface area contributed by atoms with Crippen molar-refractivity contribution in [2.75, 3.05) is 19.7 Å². The zero-order valence-electron chi connectivity index (χ0n) is 17.9. The number of ether oxygens (including phenoxy) is 1. The number of benzene rings is 2. The third-order valence-corrected chi connectivity index (χ3v) is 6.65. The van der Waals surface area contributed by atoms with E-state index in [1.54, 1.807) is 4.90 Å². The van der Waals surface area contributed by atoms with Gasteiger partial charge in [-0.3, -0.25) is 9.59 Å². The summed E-state index contributed by atoms with van der Waals surface area (Å²) in [5.74, 6) is -0.250. The van der Waals surface area contributed by atoms with Gasteiger partial charge in [0.2, 0.25) is 5.91 Å². The van der Waals surface area contributed by atoms with Gasteiger partial charge in [0.25, 0.3) is 5.91 Å². The Bertz CT molecular complexity index is 1160. The highest BCUT2D eigenvalue weighted by atomic mass is 16.5. The van der Waals surface area contributed by atoms with Gasteiger partial charge in [0.05, 0.1) is 12.1 Å². The average Bonchev–Trinajstić information content (AvgIpc) is 3.46. The lowest BCUT2D eigenvalue weighted by Crippen LogP contribution is -2.41. The number of para-hydroxylation sites is 1. The molecular weight excluding hydrogens is 390 g/mol. The van der Waals surface area contributed by atoms with Gasteiger partial charge in [-0.1, -0.05) is 36.4 Å². The Balaban J connectivity index is 1.51. The molecule has 0 aliphatic carbocycles. The highest BCUT2D eigenvalue weighted by molar-refractivity contribution is 6.02. The maximum Gasteiger partial charge on any atom is 0.255 e. The molecule has 0 radical (unpaired) electrons. The molecule has 1 fully saturated rings. The second-order valence-electron chi connectivity index (χ2n) is 8.44. The number of aryl methyl sites for hydroxylation is 1. The fraction of sp³-hybridized carbons (Fsp3) is 0.360. The average molecular weight is 418 g/mol. The smallest absolute Gasteiger partial charge is 0.255 e.